The first-order valence-corrected chi connectivity index (χ1v) is 5.40. The molecule has 3 amide bonds. The van der Waals surface area contributed by atoms with Crippen LogP contribution in [0.15, 0.2) is 0 Å². The molecule has 1 heterocycles. The highest BCUT2D eigenvalue weighted by atomic mass is 16.4. The van der Waals surface area contributed by atoms with Gasteiger partial charge in [0.15, 0.2) is 0 Å². The van der Waals surface area contributed by atoms with Crippen molar-refractivity contribution in [3.63, 3.8) is 0 Å². The second-order valence-corrected chi connectivity index (χ2v) is 5.34. The molecule has 16 heavy (non-hydrogen) atoms. The van der Waals surface area contributed by atoms with Crippen LogP contribution in [0.5, 0.6) is 0 Å². The lowest BCUT2D eigenvalue weighted by molar-refractivity contribution is -0.143. The Morgan fingerprint density at radius 2 is 2.19 bits per heavy atom. The molecule has 6 nitrogen and oxygen atoms in total. The van der Waals surface area contributed by atoms with Crippen molar-refractivity contribution in [2.75, 3.05) is 0 Å². The summed E-state index contributed by atoms with van der Waals surface area (Å²) < 4.78 is 0. The number of carboxylic acid groups (broad SMARTS) is 1. The van der Waals surface area contributed by atoms with Crippen molar-refractivity contribution < 1.29 is 19.5 Å². The van der Waals surface area contributed by atoms with E-state index in [1.165, 1.54) is 0 Å². The van der Waals surface area contributed by atoms with Crippen LogP contribution >= 0.6 is 0 Å². The molecule has 1 aliphatic heterocycles. The third-order valence-electron chi connectivity index (χ3n) is 5.09. The molecular formula is C10H10N2O4. The smallest absolute Gasteiger partial charge is 0.322 e. The summed E-state index contributed by atoms with van der Waals surface area (Å²) in [7, 11) is 0. The Bertz CT molecular complexity index is 475. The van der Waals surface area contributed by atoms with Gasteiger partial charge in [-0.2, -0.15) is 0 Å². The number of carbonyl (C=O) groups is 3. The van der Waals surface area contributed by atoms with Crippen molar-refractivity contribution in [3.05, 3.63) is 0 Å². The minimum absolute atomic E-state index is 0.00468. The molecule has 0 aromatic heterocycles. The maximum atomic E-state index is 11.9. The molecule has 4 aliphatic carbocycles. The molecule has 3 N–H and O–H groups in total. The molecule has 1 saturated heterocycles. The SMILES string of the molecule is O=C1NC(=O)C2(N1)C1C3C[C@@H]2C[C@]31C(=O)O. The summed E-state index contributed by atoms with van der Waals surface area (Å²) in [6.07, 6.45) is 1.29. The minimum Gasteiger partial charge on any atom is -0.481 e. The van der Waals surface area contributed by atoms with Crippen molar-refractivity contribution in [3.8, 4) is 0 Å². The molecule has 1 spiro atoms. The normalized spacial score (nSPS) is 55.4. The van der Waals surface area contributed by atoms with Crippen molar-refractivity contribution >= 4 is 17.9 Å². The van der Waals surface area contributed by atoms with Gasteiger partial charge in [0, 0.05) is 5.92 Å². The molecule has 0 aromatic rings. The van der Waals surface area contributed by atoms with E-state index in [2.05, 4.69) is 10.6 Å². The molecule has 4 bridgehead atoms. The van der Waals surface area contributed by atoms with Gasteiger partial charge < -0.3 is 10.4 Å². The highest BCUT2D eigenvalue weighted by Gasteiger charge is 2.90. The van der Waals surface area contributed by atoms with E-state index in [0.717, 1.165) is 6.42 Å². The van der Waals surface area contributed by atoms with Gasteiger partial charge in [0.2, 0.25) is 0 Å². The Morgan fingerprint density at radius 1 is 1.44 bits per heavy atom. The molecule has 5 fully saturated rings. The lowest BCUT2D eigenvalue weighted by Crippen LogP contribution is -2.50. The number of rotatable bonds is 1. The minimum atomic E-state index is -0.903. The number of nitrogens with one attached hydrogen (secondary N) is 2. The molecule has 5 rings (SSSR count). The molecule has 0 radical (unpaired) electrons. The number of carbonyl (C=O) groups excluding carboxylic acids is 2. The van der Waals surface area contributed by atoms with Gasteiger partial charge in [0.25, 0.3) is 5.91 Å². The van der Waals surface area contributed by atoms with E-state index in [1.54, 1.807) is 0 Å². The third kappa shape index (κ3) is 0.546. The van der Waals surface area contributed by atoms with Gasteiger partial charge in [-0.1, -0.05) is 0 Å². The fourth-order valence-corrected chi connectivity index (χ4v) is 4.63. The van der Waals surface area contributed by atoms with Crippen LogP contribution in [0.1, 0.15) is 12.8 Å². The summed E-state index contributed by atoms with van der Waals surface area (Å²) in [6.45, 7) is 0. The van der Waals surface area contributed by atoms with E-state index in [9.17, 15) is 19.5 Å². The van der Waals surface area contributed by atoms with E-state index in [0.29, 0.717) is 6.42 Å². The summed E-state index contributed by atoms with van der Waals surface area (Å²) in [5.41, 5.74) is -1.63. The Morgan fingerprint density at radius 3 is 2.62 bits per heavy atom. The number of imide groups is 1. The summed E-state index contributed by atoms with van der Waals surface area (Å²) in [5.74, 6) is -1.23. The van der Waals surface area contributed by atoms with Crippen LogP contribution in [0.4, 0.5) is 4.79 Å². The van der Waals surface area contributed by atoms with Gasteiger partial charge in [-0.05, 0) is 24.7 Å². The molecular weight excluding hydrogens is 212 g/mol. The number of hydrogen-bond donors (Lipinski definition) is 3. The van der Waals surface area contributed by atoms with Gasteiger partial charge in [0.1, 0.15) is 5.54 Å². The largest absolute Gasteiger partial charge is 0.481 e. The maximum Gasteiger partial charge on any atom is 0.322 e. The molecule has 0 aromatic carbocycles. The zero-order valence-corrected chi connectivity index (χ0v) is 8.32. The lowest BCUT2D eigenvalue weighted by atomic mass is 9.88. The van der Waals surface area contributed by atoms with Crippen molar-refractivity contribution in [2.45, 2.75) is 18.4 Å². The Hall–Kier alpha value is -1.59. The number of hydrogen-bond acceptors (Lipinski definition) is 3. The standard InChI is InChI=1S/C10H10N2O4/c13-6-10(12-8(16)11-6)3-1-4-5(10)9(4,2-3)7(14)15/h3-5H,1-2H2,(H,14,15)(H2,11,12,13,16)/t3-,4?,5?,9+,10?/m1/s1. The first-order valence-electron chi connectivity index (χ1n) is 5.40. The monoisotopic (exact) mass is 222 g/mol. The van der Waals surface area contributed by atoms with E-state index in [1.807, 2.05) is 0 Å². The summed E-state index contributed by atoms with van der Waals surface area (Å²) >= 11 is 0. The number of carboxylic acids is 1. The predicted octanol–water partition coefficient (Wildman–Crippen LogP) is -0.695. The van der Waals surface area contributed by atoms with Crippen molar-refractivity contribution in [2.24, 2.45) is 23.2 Å². The molecule has 5 atom stereocenters. The fraction of sp³-hybridized carbons (Fsp3) is 0.700. The topological polar surface area (TPSA) is 95.5 Å². The van der Waals surface area contributed by atoms with Crippen LogP contribution in [0.3, 0.4) is 0 Å². The Labute approximate surface area is 90.4 Å². The summed E-state index contributed by atoms with van der Waals surface area (Å²) in [4.78, 5) is 34.4. The van der Waals surface area contributed by atoms with Gasteiger partial charge in [-0.25, -0.2) is 4.79 Å². The maximum absolute atomic E-state index is 11.9. The first-order chi connectivity index (χ1) is 7.53. The van der Waals surface area contributed by atoms with Gasteiger partial charge >= 0.3 is 12.0 Å². The number of urea groups is 1. The van der Waals surface area contributed by atoms with Crippen LogP contribution in [-0.4, -0.2) is 28.6 Å². The van der Waals surface area contributed by atoms with Crippen LogP contribution in [0, 0.1) is 23.2 Å². The number of aliphatic carboxylic acids is 1. The highest BCUT2D eigenvalue weighted by Crippen LogP contribution is 2.82. The van der Waals surface area contributed by atoms with Crippen LogP contribution < -0.4 is 10.6 Å². The summed E-state index contributed by atoms with van der Waals surface area (Å²) in [5, 5.41) is 14.2. The van der Waals surface area contributed by atoms with Crippen LogP contribution in [-0.2, 0) is 9.59 Å². The van der Waals surface area contributed by atoms with Crippen LogP contribution in [0.25, 0.3) is 0 Å². The zero-order chi connectivity index (χ0) is 11.3. The quantitative estimate of drug-likeness (QED) is 0.511. The van der Waals surface area contributed by atoms with Gasteiger partial charge in [-0.3, -0.25) is 14.9 Å². The third-order valence-corrected chi connectivity index (χ3v) is 5.09. The Kier molecular flexibility index (Phi) is 1.05. The zero-order valence-electron chi connectivity index (χ0n) is 8.32. The number of amides is 3. The highest BCUT2D eigenvalue weighted by molar-refractivity contribution is 6.09. The first kappa shape index (κ1) is 8.55. The fourth-order valence-electron chi connectivity index (χ4n) is 4.63. The average Bonchev–Trinajstić information content (AvgIpc) is 2.61. The van der Waals surface area contributed by atoms with Gasteiger partial charge in [0.05, 0.1) is 5.41 Å². The van der Waals surface area contributed by atoms with E-state index >= 15 is 0 Å². The van der Waals surface area contributed by atoms with Crippen molar-refractivity contribution in [1.82, 2.24) is 10.6 Å². The van der Waals surface area contributed by atoms with E-state index < -0.39 is 23.0 Å². The van der Waals surface area contributed by atoms with E-state index in [-0.39, 0.29) is 23.7 Å². The summed E-state index contributed by atoms with van der Waals surface area (Å²) in [6, 6.07) is -0.483. The average molecular weight is 222 g/mol. The molecule has 3 unspecified atom stereocenters. The molecule has 6 heteroatoms. The second-order valence-electron chi connectivity index (χ2n) is 5.34. The molecule has 5 aliphatic rings. The predicted molar refractivity (Wildman–Crippen MR) is 49.2 cm³/mol. The molecule has 4 saturated carbocycles. The van der Waals surface area contributed by atoms with E-state index in [4.69, 9.17) is 0 Å². The second kappa shape index (κ2) is 1.97. The lowest BCUT2D eigenvalue weighted by Gasteiger charge is -2.24. The van der Waals surface area contributed by atoms with Crippen LogP contribution in [0.2, 0.25) is 0 Å². The van der Waals surface area contributed by atoms with Crippen molar-refractivity contribution in [1.29, 1.82) is 0 Å². The van der Waals surface area contributed by atoms with Gasteiger partial charge in [-0.15, -0.1) is 0 Å². The molecule has 84 valence electrons. The Balaban J connectivity index is 1.84.